The van der Waals surface area contributed by atoms with Crippen LogP contribution in [-0.2, 0) is 9.59 Å². The number of hydrogen-bond donors (Lipinski definition) is 2. The quantitative estimate of drug-likeness (QED) is 0.638. The molecule has 0 aliphatic carbocycles. The second-order valence-electron chi connectivity index (χ2n) is 5.51. The smallest absolute Gasteiger partial charge is 0.387 e. The first kappa shape index (κ1) is 20.6. The number of aryl methyl sites for hydroxylation is 1. The highest BCUT2D eigenvalue weighted by Gasteiger charge is 2.06. The Morgan fingerprint density at radius 1 is 1.19 bits per heavy atom. The Labute approximate surface area is 163 Å². The van der Waals surface area contributed by atoms with E-state index in [0.717, 1.165) is 10.0 Å². The van der Waals surface area contributed by atoms with E-state index in [2.05, 4.69) is 31.3 Å². The molecular formula is C19H17BrF2N2O3. The largest absolute Gasteiger partial charge is 0.435 e. The number of benzene rings is 2. The lowest BCUT2D eigenvalue weighted by atomic mass is 10.2. The van der Waals surface area contributed by atoms with E-state index < -0.39 is 12.5 Å². The van der Waals surface area contributed by atoms with E-state index in [9.17, 15) is 18.4 Å². The average Bonchev–Trinajstić information content (AvgIpc) is 2.61. The van der Waals surface area contributed by atoms with E-state index in [1.54, 1.807) is 6.07 Å². The van der Waals surface area contributed by atoms with Crippen molar-refractivity contribution in [2.45, 2.75) is 13.5 Å². The first-order valence-corrected chi connectivity index (χ1v) is 8.69. The Balaban J connectivity index is 1.81. The zero-order valence-electron chi connectivity index (χ0n) is 14.3. The first-order chi connectivity index (χ1) is 12.8. The highest BCUT2D eigenvalue weighted by Crippen LogP contribution is 2.19. The van der Waals surface area contributed by atoms with Crippen LogP contribution >= 0.6 is 15.9 Å². The van der Waals surface area contributed by atoms with Crippen LogP contribution in [0.25, 0.3) is 6.08 Å². The van der Waals surface area contributed by atoms with E-state index in [4.69, 9.17) is 0 Å². The van der Waals surface area contributed by atoms with Gasteiger partial charge >= 0.3 is 6.61 Å². The third-order valence-corrected chi connectivity index (χ3v) is 3.91. The van der Waals surface area contributed by atoms with Gasteiger partial charge in [-0.3, -0.25) is 9.59 Å². The summed E-state index contributed by atoms with van der Waals surface area (Å²) in [5.74, 6) is -0.771. The topological polar surface area (TPSA) is 67.4 Å². The molecule has 5 nitrogen and oxygen atoms in total. The summed E-state index contributed by atoms with van der Waals surface area (Å²) in [6, 6.07) is 11.3. The van der Waals surface area contributed by atoms with Crippen molar-refractivity contribution in [2.24, 2.45) is 0 Å². The molecule has 0 atom stereocenters. The van der Waals surface area contributed by atoms with Crippen LogP contribution in [0.2, 0.25) is 0 Å². The molecule has 0 radical (unpaired) electrons. The van der Waals surface area contributed by atoms with Gasteiger partial charge < -0.3 is 15.4 Å². The molecule has 2 aromatic carbocycles. The van der Waals surface area contributed by atoms with Gasteiger partial charge in [-0.25, -0.2) is 0 Å². The number of hydrogen-bond acceptors (Lipinski definition) is 3. The summed E-state index contributed by atoms with van der Waals surface area (Å²) in [7, 11) is 0. The van der Waals surface area contributed by atoms with Gasteiger partial charge in [-0.2, -0.15) is 8.78 Å². The number of amides is 2. The second-order valence-corrected chi connectivity index (χ2v) is 6.42. The summed E-state index contributed by atoms with van der Waals surface area (Å²) < 4.78 is 29.3. The van der Waals surface area contributed by atoms with Gasteiger partial charge in [0, 0.05) is 16.2 Å². The van der Waals surface area contributed by atoms with Crippen molar-refractivity contribution in [2.75, 3.05) is 11.9 Å². The first-order valence-electron chi connectivity index (χ1n) is 7.90. The number of halogens is 3. The number of nitrogens with one attached hydrogen (secondary N) is 2. The lowest BCUT2D eigenvalue weighted by Gasteiger charge is -2.09. The Bertz CT molecular complexity index is 839. The molecule has 2 rings (SSSR count). The summed E-state index contributed by atoms with van der Waals surface area (Å²) >= 11 is 3.35. The SMILES string of the molecule is Cc1cc(Br)ccc1NC(=O)CNC(=O)/C=C/c1ccc(OC(F)F)cc1. The van der Waals surface area contributed by atoms with Gasteiger partial charge in [0.15, 0.2) is 0 Å². The van der Waals surface area contributed by atoms with Crippen LogP contribution in [0, 0.1) is 6.92 Å². The summed E-state index contributed by atoms with van der Waals surface area (Å²) in [6.07, 6.45) is 2.75. The minimum absolute atomic E-state index is 0.0338. The molecule has 2 N–H and O–H groups in total. The Hall–Kier alpha value is -2.74. The molecule has 0 aliphatic rings. The maximum atomic E-state index is 12.1. The summed E-state index contributed by atoms with van der Waals surface area (Å²) in [4.78, 5) is 23.7. The molecule has 0 fully saturated rings. The fourth-order valence-electron chi connectivity index (χ4n) is 2.12. The summed E-state index contributed by atoms with van der Waals surface area (Å²) in [5.41, 5.74) is 2.18. The fraction of sp³-hybridized carbons (Fsp3) is 0.158. The maximum Gasteiger partial charge on any atom is 0.387 e. The number of ether oxygens (including phenoxy) is 1. The minimum Gasteiger partial charge on any atom is -0.435 e. The molecule has 2 aromatic rings. The Kier molecular flexibility index (Phi) is 7.48. The summed E-state index contributed by atoms with van der Waals surface area (Å²) in [6.45, 7) is -1.20. The third-order valence-electron chi connectivity index (χ3n) is 3.42. The normalized spacial score (nSPS) is 10.9. The molecule has 8 heteroatoms. The van der Waals surface area contributed by atoms with E-state index in [0.29, 0.717) is 11.3 Å². The standard InChI is InChI=1S/C19H17BrF2N2O3/c1-12-10-14(20)5-8-16(12)24-18(26)11-23-17(25)9-4-13-2-6-15(7-3-13)27-19(21)22/h2-10,19H,11H2,1H3,(H,23,25)(H,24,26)/b9-4+. The number of carbonyl (C=O) groups excluding carboxylic acids is 2. The van der Waals surface area contributed by atoms with Gasteiger partial charge in [0.25, 0.3) is 0 Å². The molecule has 0 saturated carbocycles. The lowest BCUT2D eigenvalue weighted by Crippen LogP contribution is -2.31. The predicted molar refractivity (Wildman–Crippen MR) is 103 cm³/mol. The van der Waals surface area contributed by atoms with Crippen molar-refractivity contribution in [3.05, 3.63) is 64.1 Å². The Morgan fingerprint density at radius 2 is 1.89 bits per heavy atom. The zero-order valence-corrected chi connectivity index (χ0v) is 15.9. The molecule has 2 amide bonds. The van der Waals surface area contributed by atoms with Crippen LogP contribution in [-0.4, -0.2) is 25.0 Å². The number of carbonyl (C=O) groups is 2. The van der Waals surface area contributed by atoms with E-state index >= 15 is 0 Å². The molecule has 0 spiro atoms. The van der Waals surface area contributed by atoms with Crippen LogP contribution in [0.15, 0.2) is 53.0 Å². The van der Waals surface area contributed by atoms with Gasteiger partial charge in [0.05, 0.1) is 6.54 Å². The van der Waals surface area contributed by atoms with Crippen LogP contribution in [0.3, 0.4) is 0 Å². The number of alkyl halides is 2. The van der Waals surface area contributed by atoms with E-state index in [1.165, 1.54) is 36.4 Å². The molecule has 142 valence electrons. The average molecular weight is 439 g/mol. The monoisotopic (exact) mass is 438 g/mol. The van der Waals surface area contributed by atoms with Crippen molar-refractivity contribution in [1.29, 1.82) is 0 Å². The van der Waals surface area contributed by atoms with Crippen LogP contribution in [0.4, 0.5) is 14.5 Å². The molecule has 0 aliphatic heterocycles. The second kappa shape index (κ2) is 9.82. The lowest BCUT2D eigenvalue weighted by molar-refractivity contribution is -0.121. The van der Waals surface area contributed by atoms with Crippen molar-refractivity contribution >= 4 is 39.5 Å². The van der Waals surface area contributed by atoms with Crippen molar-refractivity contribution in [1.82, 2.24) is 5.32 Å². The number of rotatable bonds is 7. The molecular weight excluding hydrogens is 422 g/mol. The number of anilines is 1. The highest BCUT2D eigenvalue weighted by molar-refractivity contribution is 9.10. The molecule has 0 unspecified atom stereocenters. The molecule has 27 heavy (non-hydrogen) atoms. The predicted octanol–water partition coefficient (Wildman–Crippen LogP) is 4.13. The zero-order chi connectivity index (χ0) is 19.8. The fourth-order valence-corrected chi connectivity index (χ4v) is 2.60. The maximum absolute atomic E-state index is 12.1. The van der Waals surface area contributed by atoms with Crippen LogP contribution in [0.5, 0.6) is 5.75 Å². The van der Waals surface area contributed by atoms with Gasteiger partial charge in [-0.05, 0) is 54.5 Å². The third kappa shape index (κ3) is 7.18. The van der Waals surface area contributed by atoms with Gasteiger partial charge in [0.1, 0.15) is 5.75 Å². The Morgan fingerprint density at radius 3 is 2.52 bits per heavy atom. The van der Waals surface area contributed by atoms with Crippen molar-refractivity contribution in [3.8, 4) is 5.75 Å². The van der Waals surface area contributed by atoms with Crippen molar-refractivity contribution < 1.29 is 23.1 Å². The molecule has 0 heterocycles. The van der Waals surface area contributed by atoms with E-state index in [1.807, 2.05) is 19.1 Å². The van der Waals surface area contributed by atoms with Gasteiger partial charge in [-0.15, -0.1) is 0 Å². The van der Waals surface area contributed by atoms with Crippen LogP contribution < -0.4 is 15.4 Å². The van der Waals surface area contributed by atoms with E-state index in [-0.39, 0.29) is 18.2 Å². The summed E-state index contributed by atoms with van der Waals surface area (Å²) in [5, 5.41) is 5.18. The molecule has 0 aromatic heterocycles. The minimum atomic E-state index is -2.88. The van der Waals surface area contributed by atoms with Crippen molar-refractivity contribution in [3.63, 3.8) is 0 Å². The van der Waals surface area contributed by atoms with Gasteiger partial charge in [0.2, 0.25) is 11.8 Å². The van der Waals surface area contributed by atoms with Crippen LogP contribution in [0.1, 0.15) is 11.1 Å². The molecule has 0 bridgehead atoms. The molecule has 0 saturated heterocycles. The highest BCUT2D eigenvalue weighted by atomic mass is 79.9. The van der Waals surface area contributed by atoms with Gasteiger partial charge in [-0.1, -0.05) is 28.1 Å².